The van der Waals surface area contributed by atoms with Gasteiger partial charge in [-0.25, -0.2) is 8.78 Å². The molecule has 0 bridgehead atoms. The van der Waals surface area contributed by atoms with Gasteiger partial charge in [0.2, 0.25) is 0 Å². The fourth-order valence-corrected chi connectivity index (χ4v) is 7.02. The molecule has 40 heavy (non-hydrogen) atoms. The van der Waals surface area contributed by atoms with Gasteiger partial charge in [0.25, 0.3) is 5.92 Å². The van der Waals surface area contributed by atoms with Crippen LogP contribution >= 0.6 is 0 Å². The molecule has 4 rings (SSSR count). The van der Waals surface area contributed by atoms with Crippen LogP contribution in [0.5, 0.6) is 0 Å². The summed E-state index contributed by atoms with van der Waals surface area (Å²) in [7, 11) is 0. The third-order valence-corrected chi connectivity index (χ3v) is 9.24. The van der Waals surface area contributed by atoms with Crippen LogP contribution in [-0.2, 0) is 5.41 Å². The molecule has 2 N–H and O–H groups in total. The summed E-state index contributed by atoms with van der Waals surface area (Å²) < 4.78 is 27.4. The first kappa shape index (κ1) is 30.3. The second-order valence-corrected chi connectivity index (χ2v) is 12.2. The van der Waals surface area contributed by atoms with Gasteiger partial charge in [-0.1, -0.05) is 83.7 Å². The summed E-state index contributed by atoms with van der Waals surface area (Å²) in [6.07, 6.45) is 13.4. The molecule has 1 atom stereocenters. The summed E-state index contributed by atoms with van der Waals surface area (Å²) in [5, 5.41) is 7.33. The van der Waals surface area contributed by atoms with E-state index in [1.165, 1.54) is 44.1 Å². The van der Waals surface area contributed by atoms with Gasteiger partial charge in [0.05, 0.1) is 24.8 Å². The minimum Gasteiger partial charge on any atom is -0.376 e. The van der Waals surface area contributed by atoms with Crippen molar-refractivity contribution in [3.05, 3.63) is 66.7 Å². The predicted octanol–water partition coefficient (Wildman–Crippen LogP) is 8.59. The van der Waals surface area contributed by atoms with E-state index < -0.39 is 5.92 Å². The number of benzene rings is 1. The Morgan fingerprint density at radius 3 is 2.17 bits per heavy atom. The van der Waals surface area contributed by atoms with Crippen LogP contribution in [0.25, 0.3) is 0 Å². The van der Waals surface area contributed by atoms with Crippen molar-refractivity contribution in [1.82, 2.24) is 10.2 Å². The van der Waals surface area contributed by atoms with Gasteiger partial charge in [0.15, 0.2) is 0 Å². The smallest absolute Gasteiger partial charge is 0.282 e. The highest BCUT2D eigenvalue weighted by Gasteiger charge is 2.49. The van der Waals surface area contributed by atoms with Crippen molar-refractivity contribution in [2.24, 2.45) is 10.9 Å². The van der Waals surface area contributed by atoms with Gasteiger partial charge in [-0.2, -0.15) is 0 Å². The molecule has 6 heteroatoms. The molecule has 1 aliphatic heterocycles. The average Bonchev–Trinajstić information content (AvgIpc) is 2.95. The molecule has 3 aliphatic rings. The lowest BCUT2D eigenvalue weighted by molar-refractivity contribution is -0.121. The number of rotatable bonds is 13. The topological polar surface area (TPSA) is 39.7 Å². The number of hydrogen-bond donors (Lipinski definition) is 2. The highest BCUT2D eigenvalue weighted by Crippen LogP contribution is 2.48. The third-order valence-electron chi connectivity index (χ3n) is 9.24. The second-order valence-electron chi connectivity index (χ2n) is 12.2. The molecule has 0 aromatic heterocycles. The molecule has 1 unspecified atom stereocenters. The summed E-state index contributed by atoms with van der Waals surface area (Å²) in [5.74, 6) is -2.10. The van der Waals surface area contributed by atoms with Crippen molar-refractivity contribution < 1.29 is 8.78 Å². The Hall–Kier alpha value is -2.63. The third kappa shape index (κ3) is 6.98. The predicted molar refractivity (Wildman–Crippen MR) is 165 cm³/mol. The summed E-state index contributed by atoms with van der Waals surface area (Å²) >= 11 is 0. The van der Waals surface area contributed by atoms with Crippen molar-refractivity contribution in [3.63, 3.8) is 0 Å². The maximum absolute atomic E-state index is 13.7. The first-order valence-electron chi connectivity index (χ1n) is 15.6. The zero-order chi connectivity index (χ0) is 28.8. The zero-order valence-corrected chi connectivity index (χ0v) is 24.8. The molecule has 1 heterocycles. The van der Waals surface area contributed by atoms with Crippen LogP contribution in [0.4, 0.5) is 14.5 Å². The maximum atomic E-state index is 13.7. The normalized spacial score (nSPS) is 21.7. The lowest BCUT2D eigenvalue weighted by Gasteiger charge is -2.50. The lowest BCUT2D eigenvalue weighted by atomic mass is 9.66. The number of nitrogens with one attached hydrogen (secondary N) is 2. The van der Waals surface area contributed by atoms with Crippen LogP contribution in [0.15, 0.2) is 66.1 Å². The van der Waals surface area contributed by atoms with E-state index in [2.05, 4.69) is 68.5 Å². The minimum atomic E-state index is -2.60. The molecule has 0 spiro atoms. The number of allylic oxidation sites excluding steroid dienone is 2. The Morgan fingerprint density at radius 1 is 0.975 bits per heavy atom. The van der Waals surface area contributed by atoms with Gasteiger partial charge in [0, 0.05) is 34.7 Å². The Labute approximate surface area is 241 Å². The minimum absolute atomic E-state index is 0.0731. The van der Waals surface area contributed by atoms with Crippen LogP contribution in [-0.4, -0.2) is 42.2 Å². The van der Waals surface area contributed by atoms with Gasteiger partial charge < -0.3 is 15.5 Å². The molecule has 4 nitrogen and oxygen atoms in total. The van der Waals surface area contributed by atoms with Crippen LogP contribution in [0.1, 0.15) is 96.5 Å². The first-order valence-corrected chi connectivity index (χ1v) is 15.6. The number of nitrogens with zero attached hydrogens (tertiary/aromatic N) is 2. The number of anilines is 1. The van der Waals surface area contributed by atoms with Crippen LogP contribution in [0, 0.1) is 5.92 Å². The standard InChI is InChI=1S/C34H50F2N4/c1-6-14-31(37-7-2)25(3)39-32(28-15-10-8-11-16-28)26(4)38-30-19-17-29(18-20-30)33(21-12-9-13-22-33)27(5)40-23-34(35,36)24-40/h17-20,28,32,38-39H,3-16,21-24H2,1-2H3. The molecule has 2 saturated carbocycles. The largest absolute Gasteiger partial charge is 0.376 e. The highest BCUT2D eigenvalue weighted by atomic mass is 19.3. The summed E-state index contributed by atoms with van der Waals surface area (Å²) in [5.41, 5.74) is 5.69. The molecule has 1 saturated heterocycles. The van der Waals surface area contributed by atoms with Gasteiger partial charge in [0.1, 0.15) is 0 Å². The Kier molecular flexibility index (Phi) is 10.1. The van der Waals surface area contributed by atoms with E-state index in [0.717, 1.165) is 73.6 Å². The molecule has 3 fully saturated rings. The van der Waals surface area contributed by atoms with Gasteiger partial charge in [-0.15, -0.1) is 0 Å². The van der Waals surface area contributed by atoms with Gasteiger partial charge >= 0.3 is 0 Å². The quantitative estimate of drug-likeness (QED) is 0.241. The van der Waals surface area contributed by atoms with Crippen molar-refractivity contribution in [3.8, 4) is 0 Å². The highest BCUT2D eigenvalue weighted by molar-refractivity contribution is 5.99. The number of alkyl halides is 2. The van der Waals surface area contributed by atoms with Crippen LogP contribution in [0.2, 0.25) is 0 Å². The summed E-state index contributed by atoms with van der Waals surface area (Å²) in [4.78, 5) is 6.51. The van der Waals surface area contributed by atoms with E-state index in [9.17, 15) is 8.78 Å². The average molecular weight is 553 g/mol. The second kappa shape index (κ2) is 13.4. The lowest BCUT2D eigenvalue weighted by Crippen LogP contribution is -2.58. The molecule has 2 aliphatic carbocycles. The van der Waals surface area contributed by atoms with Crippen LogP contribution in [0.3, 0.4) is 0 Å². The van der Waals surface area contributed by atoms with E-state index >= 15 is 0 Å². The van der Waals surface area contributed by atoms with E-state index in [-0.39, 0.29) is 24.5 Å². The Balaban J connectivity index is 1.50. The SMILES string of the molecule is C=C(NC(C(=C)Nc1ccc(C2(C(=C)N3CC(F)(F)C3)CCCCC2)cc1)C1CCCCC1)C(CCC)=NCC. The van der Waals surface area contributed by atoms with Crippen molar-refractivity contribution in [2.45, 2.75) is 108 Å². The van der Waals surface area contributed by atoms with Crippen molar-refractivity contribution in [2.75, 3.05) is 25.0 Å². The molecule has 220 valence electrons. The zero-order valence-electron chi connectivity index (χ0n) is 24.8. The van der Waals surface area contributed by atoms with E-state index in [1.54, 1.807) is 4.90 Å². The number of hydrogen-bond acceptors (Lipinski definition) is 4. The van der Waals surface area contributed by atoms with Crippen molar-refractivity contribution >= 4 is 11.4 Å². The maximum Gasteiger partial charge on any atom is 0.282 e. The molecule has 0 radical (unpaired) electrons. The molecular formula is C34H50F2N4. The van der Waals surface area contributed by atoms with Crippen LogP contribution < -0.4 is 10.6 Å². The van der Waals surface area contributed by atoms with Crippen molar-refractivity contribution in [1.29, 1.82) is 0 Å². The fraction of sp³-hybridized carbons (Fsp3) is 0.618. The molecule has 1 aromatic rings. The monoisotopic (exact) mass is 552 g/mol. The van der Waals surface area contributed by atoms with E-state index in [1.807, 2.05) is 0 Å². The Bertz CT molecular complexity index is 1050. The van der Waals surface area contributed by atoms with E-state index in [4.69, 9.17) is 4.99 Å². The summed E-state index contributed by atoms with van der Waals surface area (Å²) in [6.45, 7) is 17.8. The number of halogens is 2. The Morgan fingerprint density at radius 2 is 1.60 bits per heavy atom. The van der Waals surface area contributed by atoms with Gasteiger partial charge in [-0.3, -0.25) is 4.99 Å². The van der Waals surface area contributed by atoms with E-state index in [0.29, 0.717) is 5.92 Å². The molecular weight excluding hydrogens is 502 g/mol. The molecule has 1 aromatic carbocycles. The molecule has 0 amide bonds. The van der Waals surface area contributed by atoms with Gasteiger partial charge in [-0.05, 0) is 62.6 Å². The number of likely N-dealkylation sites (tertiary alicyclic amines) is 1. The number of aliphatic imine (C=N–C) groups is 1. The first-order chi connectivity index (χ1) is 19.2. The summed E-state index contributed by atoms with van der Waals surface area (Å²) in [6, 6.07) is 8.63. The fourth-order valence-electron chi connectivity index (χ4n) is 7.02.